The fraction of sp³-hybridized carbons (Fsp3) is 0.500. The second-order valence-corrected chi connectivity index (χ2v) is 5.70. The lowest BCUT2D eigenvalue weighted by Crippen LogP contribution is -2.40. The lowest BCUT2D eigenvalue weighted by atomic mass is 9.99. The molecule has 2 N–H and O–H groups in total. The zero-order valence-electron chi connectivity index (χ0n) is 14.0. The summed E-state index contributed by atoms with van der Waals surface area (Å²) in [4.78, 5) is 18.0. The van der Waals surface area contributed by atoms with Crippen molar-refractivity contribution in [2.24, 2.45) is 16.8 Å². The second-order valence-electron chi connectivity index (χ2n) is 5.70. The Labute approximate surface area is 158 Å². The molecule has 8 heteroatoms. The van der Waals surface area contributed by atoms with Crippen LogP contribution in [-0.4, -0.2) is 49.2 Å². The highest BCUT2D eigenvalue weighted by atomic mass is 127. The van der Waals surface area contributed by atoms with E-state index in [9.17, 15) is 14.3 Å². The summed E-state index contributed by atoms with van der Waals surface area (Å²) in [6, 6.07) is 4.24. The number of carbonyl (C=O) groups excluding carboxylic acids is 1. The van der Waals surface area contributed by atoms with Crippen molar-refractivity contribution in [3.8, 4) is 5.75 Å². The lowest BCUT2D eigenvalue weighted by molar-refractivity contribution is -0.145. The highest BCUT2D eigenvalue weighted by molar-refractivity contribution is 14.0. The van der Waals surface area contributed by atoms with Gasteiger partial charge in [0, 0.05) is 26.7 Å². The molecule has 0 amide bonds. The minimum Gasteiger partial charge on any atom is -0.505 e. The van der Waals surface area contributed by atoms with E-state index in [0.29, 0.717) is 31.2 Å². The van der Waals surface area contributed by atoms with Gasteiger partial charge in [0.2, 0.25) is 0 Å². The monoisotopic (exact) mass is 451 g/mol. The van der Waals surface area contributed by atoms with Gasteiger partial charge in [-0.3, -0.25) is 9.79 Å². The maximum atomic E-state index is 13.3. The number of aromatic hydroxyl groups is 1. The quantitative estimate of drug-likeness (QED) is 0.318. The van der Waals surface area contributed by atoms with Crippen molar-refractivity contribution in [2.75, 3.05) is 27.2 Å². The van der Waals surface area contributed by atoms with Gasteiger partial charge in [-0.05, 0) is 23.6 Å². The Morgan fingerprint density at radius 3 is 2.79 bits per heavy atom. The molecule has 6 nitrogen and oxygen atoms in total. The van der Waals surface area contributed by atoms with Crippen molar-refractivity contribution in [1.82, 2.24) is 10.2 Å². The number of carbonyl (C=O) groups is 1. The Morgan fingerprint density at radius 1 is 1.50 bits per heavy atom. The molecule has 1 saturated heterocycles. The van der Waals surface area contributed by atoms with Crippen molar-refractivity contribution in [1.29, 1.82) is 0 Å². The molecule has 1 aliphatic rings. The minimum atomic E-state index is -0.653. The van der Waals surface area contributed by atoms with Crippen molar-refractivity contribution in [3.63, 3.8) is 0 Å². The summed E-state index contributed by atoms with van der Waals surface area (Å²) in [7, 11) is 3.06. The van der Waals surface area contributed by atoms with Crippen molar-refractivity contribution in [3.05, 3.63) is 29.6 Å². The third-order valence-electron chi connectivity index (χ3n) is 4.09. The maximum absolute atomic E-state index is 13.3. The minimum absolute atomic E-state index is 0. The molecule has 24 heavy (non-hydrogen) atoms. The number of nitrogens with zero attached hydrogens (tertiary/aromatic N) is 2. The van der Waals surface area contributed by atoms with Crippen LogP contribution >= 0.6 is 24.0 Å². The number of ether oxygens (including phenoxy) is 1. The molecule has 1 fully saturated rings. The van der Waals surface area contributed by atoms with E-state index in [-0.39, 0.29) is 47.5 Å². The number of phenolic OH excluding ortho intramolecular Hbond substituents is 1. The second kappa shape index (κ2) is 9.05. The van der Waals surface area contributed by atoms with Gasteiger partial charge in [-0.15, -0.1) is 24.0 Å². The van der Waals surface area contributed by atoms with Gasteiger partial charge in [-0.1, -0.05) is 13.0 Å². The van der Waals surface area contributed by atoms with Crippen molar-refractivity contribution < 1.29 is 19.0 Å². The van der Waals surface area contributed by atoms with Gasteiger partial charge in [0.25, 0.3) is 0 Å². The molecule has 0 spiro atoms. The maximum Gasteiger partial charge on any atom is 0.310 e. The number of benzene rings is 1. The Bertz CT molecular complexity index is 612. The molecule has 2 rings (SSSR count). The first kappa shape index (κ1) is 20.5. The summed E-state index contributed by atoms with van der Waals surface area (Å²) in [5.74, 6) is -0.586. The summed E-state index contributed by atoms with van der Waals surface area (Å²) in [6.07, 6.45) is 0. The molecule has 0 saturated carbocycles. The summed E-state index contributed by atoms with van der Waals surface area (Å²) in [5, 5.41) is 12.4. The zero-order valence-corrected chi connectivity index (χ0v) is 16.3. The van der Waals surface area contributed by atoms with Crippen LogP contribution in [0.3, 0.4) is 0 Å². The van der Waals surface area contributed by atoms with E-state index >= 15 is 0 Å². The van der Waals surface area contributed by atoms with Gasteiger partial charge >= 0.3 is 5.97 Å². The first-order valence-corrected chi connectivity index (χ1v) is 7.47. The van der Waals surface area contributed by atoms with Gasteiger partial charge in [-0.25, -0.2) is 4.39 Å². The Morgan fingerprint density at radius 2 is 2.21 bits per heavy atom. The Hall–Kier alpha value is -1.58. The molecular weight excluding hydrogens is 428 g/mol. The van der Waals surface area contributed by atoms with E-state index in [1.165, 1.54) is 19.2 Å². The Kier molecular flexibility index (Phi) is 7.71. The number of phenols is 1. The van der Waals surface area contributed by atoms with Crippen LogP contribution in [0.1, 0.15) is 12.5 Å². The van der Waals surface area contributed by atoms with E-state index in [1.807, 2.05) is 11.8 Å². The number of rotatable bonds is 3. The largest absolute Gasteiger partial charge is 0.505 e. The van der Waals surface area contributed by atoms with Crippen LogP contribution in [0, 0.1) is 17.7 Å². The molecule has 1 aliphatic heterocycles. The third-order valence-corrected chi connectivity index (χ3v) is 4.09. The number of methoxy groups -OCH3 is 1. The van der Waals surface area contributed by atoms with Gasteiger partial charge in [0.05, 0.1) is 13.0 Å². The molecule has 1 aromatic carbocycles. The average molecular weight is 451 g/mol. The van der Waals surface area contributed by atoms with E-state index in [2.05, 4.69) is 10.3 Å². The molecule has 0 aliphatic carbocycles. The number of likely N-dealkylation sites (tertiary alicyclic amines) is 1. The first-order valence-electron chi connectivity index (χ1n) is 7.47. The van der Waals surface area contributed by atoms with Crippen LogP contribution in [0.4, 0.5) is 4.39 Å². The molecule has 0 radical (unpaired) electrons. The van der Waals surface area contributed by atoms with Gasteiger partial charge in [0.1, 0.15) is 0 Å². The average Bonchev–Trinajstić information content (AvgIpc) is 2.92. The van der Waals surface area contributed by atoms with E-state index in [4.69, 9.17) is 4.74 Å². The summed E-state index contributed by atoms with van der Waals surface area (Å²) >= 11 is 0. The Balaban J connectivity index is 0.00000288. The number of esters is 1. The zero-order chi connectivity index (χ0) is 17.0. The third kappa shape index (κ3) is 4.71. The molecule has 1 heterocycles. The summed E-state index contributed by atoms with van der Waals surface area (Å²) < 4.78 is 18.2. The molecule has 134 valence electrons. The molecule has 0 aromatic heterocycles. The van der Waals surface area contributed by atoms with Crippen LogP contribution in [-0.2, 0) is 16.1 Å². The molecule has 2 unspecified atom stereocenters. The number of hydrogen-bond acceptors (Lipinski definition) is 4. The lowest BCUT2D eigenvalue weighted by Gasteiger charge is -2.21. The van der Waals surface area contributed by atoms with Gasteiger partial charge in [0.15, 0.2) is 17.5 Å². The fourth-order valence-electron chi connectivity index (χ4n) is 2.77. The molecule has 1 aromatic rings. The number of halogens is 2. The predicted octanol–water partition coefficient (Wildman–Crippen LogP) is 1.97. The van der Waals surface area contributed by atoms with Crippen molar-refractivity contribution >= 4 is 35.9 Å². The summed E-state index contributed by atoms with van der Waals surface area (Å²) in [6.45, 7) is 3.61. The highest BCUT2D eigenvalue weighted by Crippen LogP contribution is 2.24. The van der Waals surface area contributed by atoms with Crippen LogP contribution in [0.5, 0.6) is 5.75 Å². The smallest absolute Gasteiger partial charge is 0.310 e. The number of aliphatic imine (C=N–C) groups is 1. The van der Waals surface area contributed by atoms with E-state index in [1.54, 1.807) is 13.1 Å². The normalized spacial score (nSPS) is 20.5. The number of guanidine groups is 1. The first-order chi connectivity index (χ1) is 11.0. The highest BCUT2D eigenvalue weighted by Gasteiger charge is 2.36. The number of nitrogens with one attached hydrogen (secondary N) is 1. The van der Waals surface area contributed by atoms with Crippen molar-refractivity contribution in [2.45, 2.75) is 13.5 Å². The van der Waals surface area contributed by atoms with Gasteiger partial charge in [-0.2, -0.15) is 0 Å². The molecule has 0 bridgehead atoms. The van der Waals surface area contributed by atoms with Crippen LogP contribution < -0.4 is 5.32 Å². The van der Waals surface area contributed by atoms with Crippen LogP contribution in [0.25, 0.3) is 0 Å². The molecule has 2 atom stereocenters. The van der Waals surface area contributed by atoms with Crippen LogP contribution in [0.15, 0.2) is 23.2 Å². The van der Waals surface area contributed by atoms with Gasteiger partial charge < -0.3 is 20.1 Å². The standard InChI is InChI=1S/C16H22FN3O3.HI/c1-10-8-20(9-12(10)15(22)23-3)16(18-2)19-7-11-4-5-14(21)13(17)6-11;/h4-6,10,12,21H,7-9H2,1-3H3,(H,18,19);1H. The summed E-state index contributed by atoms with van der Waals surface area (Å²) in [5.41, 5.74) is 0.693. The van der Waals surface area contributed by atoms with Crippen LogP contribution in [0.2, 0.25) is 0 Å². The topological polar surface area (TPSA) is 74.2 Å². The fourth-order valence-corrected chi connectivity index (χ4v) is 2.77. The number of hydrogen-bond donors (Lipinski definition) is 2. The SMILES string of the molecule is CN=C(NCc1ccc(O)c(F)c1)N1CC(C)C(C(=O)OC)C1.I. The van der Waals surface area contributed by atoms with E-state index < -0.39 is 5.82 Å². The predicted molar refractivity (Wildman–Crippen MR) is 99.9 cm³/mol. The van der Waals surface area contributed by atoms with E-state index in [0.717, 1.165) is 0 Å². The molecular formula is C16H23FIN3O3.